The Balaban J connectivity index is 1.83. The third-order valence-electron chi connectivity index (χ3n) is 3.88. The predicted molar refractivity (Wildman–Crippen MR) is 77.7 cm³/mol. The standard InChI is InChI=1S/C17H14ClFO/c18-15-8-5-11(10-16(15)19)9-13-7-6-12-3-1-2-4-14(12)17(13)20/h1-5,8,10,13H,6-7,9H2. The summed E-state index contributed by atoms with van der Waals surface area (Å²) in [5.74, 6) is -0.319. The van der Waals surface area contributed by atoms with E-state index in [-0.39, 0.29) is 16.7 Å². The van der Waals surface area contributed by atoms with Crippen LogP contribution < -0.4 is 0 Å². The number of ketones is 1. The van der Waals surface area contributed by atoms with Crippen molar-refractivity contribution in [3.05, 3.63) is 70.0 Å². The van der Waals surface area contributed by atoms with Crippen LogP contribution in [-0.2, 0) is 12.8 Å². The first-order valence-electron chi connectivity index (χ1n) is 6.71. The largest absolute Gasteiger partial charge is 0.294 e. The zero-order chi connectivity index (χ0) is 14.1. The smallest absolute Gasteiger partial charge is 0.166 e. The van der Waals surface area contributed by atoms with Gasteiger partial charge in [-0.2, -0.15) is 0 Å². The predicted octanol–water partition coefficient (Wildman–Crippen LogP) is 4.47. The summed E-state index contributed by atoms with van der Waals surface area (Å²) in [5, 5.41) is 0.120. The first-order chi connectivity index (χ1) is 9.65. The zero-order valence-corrected chi connectivity index (χ0v) is 11.7. The molecule has 1 aliphatic carbocycles. The summed E-state index contributed by atoms with van der Waals surface area (Å²) in [5.41, 5.74) is 2.76. The molecule has 1 nitrogen and oxygen atoms in total. The number of Topliss-reactive ketones (excluding diaryl/α,β-unsaturated/α-hetero) is 1. The van der Waals surface area contributed by atoms with Crippen LogP contribution in [0.2, 0.25) is 5.02 Å². The van der Waals surface area contributed by atoms with E-state index in [2.05, 4.69) is 0 Å². The van der Waals surface area contributed by atoms with E-state index >= 15 is 0 Å². The Kier molecular flexibility index (Phi) is 3.58. The Labute approximate surface area is 122 Å². The van der Waals surface area contributed by atoms with Gasteiger partial charge in [0.2, 0.25) is 0 Å². The first kappa shape index (κ1) is 13.3. The molecule has 2 aromatic carbocycles. The van der Waals surface area contributed by atoms with Gasteiger partial charge in [-0.3, -0.25) is 4.79 Å². The summed E-state index contributed by atoms with van der Waals surface area (Å²) in [6, 6.07) is 12.5. The molecular formula is C17H14ClFO. The lowest BCUT2D eigenvalue weighted by atomic mass is 9.80. The van der Waals surface area contributed by atoms with Crippen molar-refractivity contribution in [1.29, 1.82) is 0 Å². The number of hydrogen-bond donors (Lipinski definition) is 0. The summed E-state index contributed by atoms with van der Waals surface area (Å²) in [7, 11) is 0. The number of fused-ring (bicyclic) bond motifs is 1. The quantitative estimate of drug-likeness (QED) is 0.797. The van der Waals surface area contributed by atoms with Crippen molar-refractivity contribution in [2.45, 2.75) is 19.3 Å². The maximum atomic E-state index is 13.5. The van der Waals surface area contributed by atoms with Gasteiger partial charge in [0.15, 0.2) is 5.78 Å². The van der Waals surface area contributed by atoms with Crippen molar-refractivity contribution >= 4 is 17.4 Å². The van der Waals surface area contributed by atoms with Crippen LogP contribution in [0.1, 0.15) is 27.9 Å². The van der Waals surface area contributed by atoms with Gasteiger partial charge in [0.25, 0.3) is 0 Å². The molecule has 0 saturated heterocycles. The molecule has 0 saturated carbocycles. The SMILES string of the molecule is O=C1c2ccccc2CCC1Cc1ccc(Cl)c(F)c1. The minimum absolute atomic E-state index is 0.0644. The summed E-state index contributed by atoms with van der Waals surface area (Å²) >= 11 is 5.68. The second-order valence-corrected chi connectivity index (χ2v) is 5.62. The molecule has 0 N–H and O–H groups in total. The van der Waals surface area contributed by atoms with Gasteiger partial charge in [0.05, 0.1) is 5.02 Å². The Morgan fingerprint density at radius 1 is 1.20 bits per heavy atom. The van der Waals surface area contributed by atoms with Crippen LogP contribution in [0.25, 0.3) is 0 Å². The fourth-order valence-corrected chi connectivity index (χ4v) is 2.92. The van der Waals surface area contributed by atoms with Crippen LogP contribution in [0.4, 0.5) is 4.39 Å². The highest BCUT2D eigenvalue weighted by molar-refractivity contribution is 6.30. The summed E-state index contributed by atoms with van der Waals surface area (Å²) in [4.78, 5) is 12.5. The van der Waals surface area contributed by atoms with Crippen molar-refractivity contribution in [1.82, 2.24) is 0 Å². The van der Waals surface area contributed by atoms with Gasteiger partial charge < -0.3 is 0 Å². The average molecular weight is 289 g/mol. The molecule has 0 spiro atoms. The van der Waals surface area contributed by atoms with Crippen molar-refractivity contribution in [2.75, 3.05) is 0 Å². The fraction of sp³-hybridized carbons (Fsp3) is 0.235. The highest BCUT2D eigenvalue weighted by Crippen LogP contribution is 2.28. The zero-order valence-electron chi connectivity index (χ0n) is 10.9. The molecule has 0 aromatic heterocycles. The summed E-state index contributed by atoms with van der Waals surface area (Å²) < 4.78 is 13.5. The number of benzene rings is 2. The lowest BCUT2D eigenvalue weighted by Gasteiger charge is -2.23. The van der Waals surface area contributed by atoms with Crippen molar-refractivity contribution in [3.63, 3.8) is 0 Å². The highest BCUT2D eigenvalue weighted by Gasteiger charge is 2.27. The minimum atomic E-state index is -0.423. The monoisotopic (exact) mass is 288 g/mol. The topological polar surface area (TPSA) is 17.1 Å². The number of aryl methyl sites for hydroxylation is 1. The van der Waals surface area contributed by atoms with Gasteiger partial charge in [0, 0.05) is 11.5 Å². The minimum Gasteiger partial charge on any atom is -0.294 e. The van der Waals surface area contributed by atoms with Gasteiger partial charge in [-0.25, -0.2) is 4.39 Å². The first-order valence-corrected chi connectivity index (χ1v) is 7.09. The third kappa shape index (κ3) is 2.48. The van der Waals surface area contributed by atoms with E-state index in [0.717, 1.165) is 29.5 Å². The molecule has 102 valence electrons. The molecular weight excluding hydrogens is 275 g/mol. The summed E-state index contributed by atoms with van der Waals surface area (Å²) in [6.07, 6.45) is 2.30. The molecule has 2 aromatic rings. The molecule has 3 heteroatoms. The Morgan fingerprint density at radius 2 is 2.00 bits per heavy atom. The van der Waals surface area contributed by atoms with Crippen LogP contribution in [0, 0.1) is 11.7 Å². The molecule has 1 unspecified atom stereocenters. The van der Waals surface area contributed by atoms with E-state index in [0.29, 0.717) is 6.42 Å². The van der Waals surface area contributed by atoms with Crippen molar-refractivity contribution in [3.8, 4) is 0 Å². The highest BCUT2D eigenvalue weighted by atomic mass is 35.5. The normalized spacial score (nSPS) is 17.9. The average Bonchev–Trinajstić information content (AvgIpc) is 2.46. The van der Waals surface area contributed by atoms with Gasteiger partial charge in [-0.15, -0.1) is 0 Å². The van der Waals surface area contributed by atoms with Crippen LogP contribution in [0.15, 0.2) is 42.5 Å². The fourth-order valence-electron chi connectivity index (χ4n) is 2.81. The lowest BCUT2D eigenvalue weighted by molar-refractivity contribution is 0.0901. The number of carbonyl (C=O) groups excluding carboxylic acids is 1. The Hall–Kier alpha value is -1.67. The molecule has 0 bridgehead atoms. The van der Waals surface area contributed by atoms with Gasteiger partial charge in [-0.1, -0.05) is 41.9 Å². The maximum Gasteiger partial charge on any atom is 0.166 e. The van der Waals surface area contributed by atoms with E-state index in [1.54, 1.807) is 12.1 Å². The lowest BCUT2D eigenvalue weighted by Crippen LogP contribution is -2.24. The van der Waals surface area contributed by atoms with E-state index in [1.165, 1.54) is 6.07 Å². The van der Waals surface area contributed by atoms with Crippen LogP contribution >= 0.6 is 11.6 Å². The molecule has 0 radical (unpaired) electrons. The van der Waals surface area contributed by atoms with Gasteiger partial charge >= 0.3 is 0 Å². The van der Waals surface area contributed by atoms with Crippen LogP contribution in [0.5, 0.6) is 0 Å². The molecule has 20 heavy (non-hydrogen) atoms. The van der Waals surface area contributed by atoms with E-state index < -0.39 is 5.82 Å². The van der Waals surface area contributed by atoms with Crippen LogP contribution in [0.3, 0.4) is 0 Å². The number of halogens is 2. The molecule has 0 amide bonds. The molecule has 1 aliphatic rings. The van der Waals surface area contributed by atoms with Crippen molar-refractivity contribution in [2.24, 2.45) is 5.92 Å². The van der Waals surface area contributed by atoms with Crippen LogP contribution in [-0.4, -0.2) is 5.78 Å². The second kappa shape index (κ2) is 5.37. The molecule has 0 aliphatic heterocycles. The molecule has 1 atom stereocenters. The van der Waals surface area contributed by atoms with E-state index in [9.17, 15) is 9.18 Å². The molecule has 3 rings (SSSR count). The Bertz CT molecular complexity index is 666. The Morgan fingerprint density at radius 3 is 2.80 bits per heavy atom. The number of rotatable bonds is 2. The van der Waals surface area contributed by atoms with Crippen molar-refractivity contribution < 1.29 is 9.18 Å². The molecule has 0 heterocycles. The molecule has 0 fully saturated rings. The maximum absolute atomic E-state index is 13.5. The number of carbonyl (C=O) groups is 1. The van der Waals surface area contributed by atoms with E-state index in [4.69, 9.17) is 11.6 Å². The van der Waals surface area contributed by atoms with Gasteiger partial charge in [-0.05, 0) is 42.5 Å². The van der Waals surface area contributed by atoms with Gasteiger partial charge in [0.1, 0.15) is 5.82 Å². The second-order valence-electron chi connectivity index (χ2n) is 5.21. The van der Waals surface area contributed by atoms with E-state index in [1.807, 2.05) is 24.3 Å². The number of hydrogen-bond acceptors (Lipinski definition) is 1. The third-order valence-corrected chi connectivity index (χ3v) is 4.19. The summed E-state index contributed by atoms with van der Waals surface area (Å²) in [6.45, 7) is 0.